The van der Waals surface area contributed by atoms with Crippen molar-refractivity contribution in [1.29, 1.82) is 0 Å². The molecule has 2 N–H and O–H groups in total. The smallest absolute Gasteiger partial charge is 0.126 e. The highest BCUT2D eigenvalue weighted by Crippen LogP contribution is 2.21. The van der Waals surface area contributed by atoms with Crippen LogP contribution in [0.3, 0.4) is 0 Å². The van der Waals surface area contributed by atoms with E-state index < -0.39 is 0 Å². The van der Waals surface area contributed by atoms with Crippen LogP contribution in [-0.4, -0.2) is 4.98 Å². The van der Waals surface area contributed by atoms with Gasteiger partial charge < -0.3 is 5.73 Å². The van der Waals surface area contributed by atoms with Crippen molar-refractivity contribution in [1.82, 2.24) is 4.98 Å². The number of nitrogens with zero attached hydrogens (tertiary/aromatic N) is 1. The van der Waals surface area contributed by atoms with E-state index in [0.717, 1.165) is 17.5 Å². The Labute approximate surface area is 71.4 Å². The Morgan fingerprint density at radius 1 is 1.64 bits per heavy atom. The van der Waals surface area contributed by atoms with Gasteiger partial charge in [-0.3, -0.25) is 0 Å². The van der Waals surface area contributed by atoms with Crippen LogP contribution < -0.4 is 5.73 Å². The van der Waals surface area contributed by atoms with E-state index in [1.807, 2.05) is 13.8 Å². The zero-order valence-electron chi connectivity index (χ0n) is 6.69. The van der Waals surface area contributed by atoms with Crippen LogP contribution in [-0.2, 0) is 6.42 Å². The normalized spacial score (nSPS) is 10.1. The van der Waals surface area contributed by atoms with Gasteiger partial charge in [-0.2, -0.15) is 0 Å². The SMILES string of the molecule is CCc1c(N)ncc(Cl)c1C. The second kappa shape index (κ2) is 3.09. The van der Waals surface area contributed by atoms with Crippen molar-refractivity contribution in [3.8, 4) is 0 Å². The first-order valence-corrected chi connectivity index (χ1v) is 3.94. The van der Waals surface area contributed by atoms with Crippen molar-refractivity contribution in [2.24, 2.45) is 0 Å². The van der Waals surface area contributed by atoms with Gasteiger partial charge in [0.15, 0.2) is 0 Å². The Balaban J connectivity index is 3.29. The molecule has 1 aromatic rings. The number of nitrogen functional groups attached to an aromatic ring is 1. The minimum absolute atomic E-state index is 0.592. The molecule has 0 radical (unpaired) electrons. The molecule has 0 aliphatic carbocycles. The summed E-state index contributed by atoms with van der Waals surface area (Å²) < 4.78 is 0. The predicted molar refractivity (Wildman–Crippen MR) is 47.8 cm³/mol. The summed E-state index contributed by atoms with van der Waals surface area (Å²) in [4.78, 5) is 3.96. The number of pyridine rings is 1. The first-order valence-electron chi connectivity index (χ1n) is 3.56. The van der Waals surface area contributed by atoms with Crippen molar-refractivity contribution in [2.75, 3.05) is 5.73 Å². The summed E-state index contributed by atoms with van der Waals surface area (Å²) >= 11 is 5.85. The van der Waals surface area contributed by atoms with Gasteiger partial charge in [-0.25, -0.2) is 4.98 Å². The second-order valence-corrected chi connectivity index (χ2v) is 2.86. The number of aromatic nitrogens is 1. The van der Waals surface area contributed by atoms with Crippen LogP contribution in [0.5, 0.6) is 0 Å². The first-order chi connectivity index (χ1) is 5.16. The van der Waals surface area contributed by atoms with Crippen molar-refractivity contribution in [2.45, 2.75) is 20.3 Å². The van der Waals surface area contributed by atoms with Gasteiger partial charge >= 0.3 is 0 Å². The Bertz CT molecular complexity index is 271. The van der Waals surface area contributed by atoms with E-state index >= 15 is 0 Å². The van der Waals surface area contributed by atoms with Gasteiger partial charge in [0.2, 0.25) is 0 Å². The maximum absolute atomic E-state index is 5.85. The largest absolute Gasteiger partial charge is 0.383 e. The summed E-state index contributed by atoms with van der Waals surface area (Å²) in [6.45, 7) is 4.00. The molecule has 0 aliphatic rings. The molecule has 0 atom stereocenters. The Hall–Kier alpha value is -0.760. The molecule has 0 bridgehead atoms. The minimum atomic E-state index is 0.592. The third-order valence-corrected chi connectivity index (χ3v) is 2.17. The molecular formula is C8H11ClN2. The number of halogens is 1. The van der Waals surface area contributed by atoms with E-state index in [1.54, 1.807) is 6.20 Å². The predicted octanol–water partition coefficient (Wildman–Crippen LogP) is 2.19. The lowest BCUT2D eigenvalue weighted by Gasteiger charge is -2.06. The highest BCUT2D eigenvalue weighted by molar-refractivity contribution is 6.31. The third kappa shape index (κ3) is 1.46. The van der Waals surface area contributed by atoms with E-state index in [1.165, 1.54) is 0 Å². The van der Waals surface area contributed by atoms with Crippen molar-refractivity contribution in [3.63, 3.8) is 0 Å². The summed E-state index contributed by atoms with van der Waals surface area (Å²) in [5, 5.41) is 0.691. The minimum Gasteiger partial charge on any atom is -0.383 e. The molecule has 60 valence electrons. The van der Waals surface area contributed by atoms with Crippen LogP contribution >= 0.6 is 11.6 Å². The van der Waals surface area contributed by atoms with E-state index in [-0.39, 0.29) is 0 Å². The molecule has 11 heavy (non-hydrogen) atoms. The van der Waals surface area contributed by atoms with Crippen LogP contribution in [0.1, 0.15) is 18.1 Å². The average Bonchev–Trinajstić information content (AvgIpc) is 1.99. The molecule has 1 heterocycles. The molecule has 0 aromatic carbocycles. The maximum atomic E-state index is 5.85. The molecular weight excluding hydrogens is 160 g/mol. The quantitative estimate of drug-likeness (QED) is 0.702. The van der Waals surface area contributed by atoms with Crippen LogP contribution in [0.15, 0.2) is 6.20 Å². The molecule has 2 nitrogen and oxygen atoms in total. The summed E-state index contributed by atoms with van der Waals surface area (Å²) in [6, 6.07) is 0. The monoisotopic (exact) mass is 170 g/mol. The van der Waals surface area contributed by atoms with Gasteiger partial charge in [0.05, 0.1) is 5.02 Å². The molecule has 3 heteroatoms. The van der Waals surface area contributed by atoms with Gasteiger partial charge in [0.25, 0.3) is 0 Å². The fourth-order valence-electron chi connectivity index (χ4n) is 1.08. The molecule has 1 rings (SSSR count). The highest BCUT2D eigenvalue weighted by Gasteiger charge is 2.04. The zero-order chi connectivity index (χ0) is 8.43. The van der Waals surface area contributed by atoms with E-state index in [0.29, 0.717) is 10.8 Å². The van der Waals surface area contributed by atoms with Gasteiger partial charge in [0, 0.05) is 6.20 Å². The zero-order valence-corrected chi connectivity index (χ0v) is 7.44. The molecule has 0 saturated heterocycles. The van der Waals surface area contributed by atoms with E-state index in [2.05, 4.69) is 4.98 Å². The van der Waals surface area contributed by atoms with E-state index in [4.69, 9.17) is 17.3 Å². The molecule has 1 aromatic heterocycles. The standard InChI is InChI=1S/C8H11ClN2/c1-3-6-5(2)7(9)4-11-8(6)10/h4H,3H2,1-2H3,(H2,10,11). The maximum Gasteiger partial charge on any atom is 0.126 e. The number of nitrogens with two attached hydrogens (primary N) is 1. The van der Waals surface area contributed by atoms with Crippen molar-refractivity contribution in [3.05, 3.63) is 22.3 Å². The molecule has 0 fully saturated rings. The van der Waals surface area contributed by atoms with Gasteiger partial charge in [0.1, 0.15) is 5.82 Å². The van der Waals surface area contributed by atoms with Crippen LogP contribution in [0.25, 0.3) is 0 Å². The molecule has 0 saturated carbocycles. The summed E-state index contributed by atoms with van der Waals surface area (Å²) in [5.41, 5.74) is 7.73. The van der Waals surface area contributed by atoms with Crippen LogP contribution in [0.2, 0.25) is 5.02 Å². The summed E-state index contributed by atoms with van der Waals surface area (Å²) in [5.74, 6) is 0.592. The molecule has 0 spiro atoms. The fraction of sp³-hybridized carbons (Fsp3) is 0.375. The average molecular weight is 171 g/mol. The van der Waals surface area contributed by atoms with Crippen LogP contribution in [0.4, 0.5) is 5.82 Å². The topological polar surface area (TPSA) is 38.9 Å². The summed E-state index contributed by atoms with van der Waals surface area (Å²) in [7, 11) is 0. The Kier molecular flexibility index (Phi) is 2.35. The first kappa shape index (κ1) is 8.34. The van der Waals surface area contributed by atoms with Gasteiger partial charge in [-0.05, 0) is 24.5 Å². The lowest BCUT2D eigenvalue weighted by atomic mass is 10.1. The molecule has 0 unspecified atom stereocenters. The molecule has 0 aliphatic heterocycles. The lowest BCUT2D eigenvalue weighted by molar-refractivity contribution is 1.08. The fourth-order valence-corrected chi connectivity index (χ4v) is 1.25. The summed E-state index contributed by atoms with van der Waals surface area (Å²) in [6.07, 6.45) is 2.47. The van der Waals surface area contributed by atoms with Crippen LogP contribution in [0, 0.1) is 6.92 Å². The van der Waals surface area contributed by atoms with Gasteiger partial charge in [-0.15, -0.1) is 0 Å². The highest BCUT2D eigenvalue weighted by atomic mass is 35.5. The molecule has 0 amide bonds. The number of hydrogen-bond acceptors (Lipinski definition) is 2. The van der Waals surface area contributed by atoms with Crippen molar-refractivity contribution < 1.29 is 0 Å². The Morgan fingerprint density at radius 2 is 2.27 bits per heavy atom. The second-order valence-electron chi connectivity index (χ2n) is 2.45. The van der Waals surface area contributed by atoms with Gasteiger partial charge in [-0.1, -0.05) is 18.5 Å². The third-order valence-electron chi connectivity index (χ3n) is 1.79. The van der Waals surface area contributed by atoms with E-state index in [9.17, 15) is 0 Å². The Morgan fingerprint density at radius 3 is 2.73 bits per heavy atom. The number of anilines is 1. The number of rotatable bonds is 1. The number of hydrogen-bond donors (Lipinski definition) is 1. The van der Waals surface area contributed by atoms with Crippen molar-refractivity contribution >= 4 is 17.4 Å². The lowest BCUT2D eigenvalue weighted by Crippen LogP contribution is -1.99.